The molecule has 0 amide bonds. The lowest BCUT2D eigenvalue weighted by molar-refractivity contribution is 0.0956. The highest BCUT2D eigenvalue weighted by Crippen LogP contribution is 2.22. The maximum Gasteiger partial charge on any atom is 0.260 e. The number of ether oxygens (including phenoxy) is 2. The molecular formula is C9H13N3O3. The SMILES string of the molecule is COc1cnc(C(=O)C(C)N)nc1OC. The van der Waals surface area contributed by atoms with E-state index in [1.165, 1.54) is 20.4 Å². The molecule has 0 saturated carbocycles. The molecule has 0 fully saturated rings. The molecule has 0 radical (unpaired) electrons. The molecule has 1 heterocycles. The van der Waals surface area contributed by atoms with Crippen molar-refractivity contribution in [3.8, 4) is 11.6 Å². The normalized spacial score (nSPS) is 12.0. The number of nitrogens with two attached hydrogens (primary N) is 1. The molecule has 0 bridgehead atoms. The average Bonchev–Trinajstić information content (AvgIpc) is 2.26. The first-order valence-electron chi connectivity index (χ1n) is 4.35. The standard InChI is InChI=1S/C9H13N3O3/c1-5(10)7(13)8-11-4-6(14-2)9(12-8)15-3/h4-5H,10H2,1-3H3. The Morgan fingerprint density at radius 2 is 2.13 bits per heavy atom. The van der Waals surface area contributed by atoms with Crippen LogP contribution in [0.15, 0.2) is 6.20 Å². The molecule has 15 heavy (non-hydrogen) atoms. The van der Waals surface area contributed by atoms with Crippen LogP contribution in [0.25, 0.3) is 0 Å². The Kier molecular flexibility index (Phi) is 3.56. The lowest BCUT2D eigenvalue weighted by atomic mass is 10.2. The number of carbonyl (C=O) groups excluding carboxylic acids is 1. The van der Waals surface area contributed by atoms with Crippen molar-refractivity contribution in [2.24, 2.45) is 5.73 Å². The van der Waals surface area contributed by atoms with Crippen LogP contribution >= 0.6 is 0 Å². The van der Waals surface area contributed by atoms with Gasteiger partial charge in [-0.25, -0.2) is 4.98 Å². The summed E-state index contributed by atoms with van der Waals surface area (Å²) in [6, 6.07) is -0.636. The van der Waals surface area contributed by atoms with Gasteiger partial charge in [-0.15, -0.1) is 0 Å². The van der Waals surface area contributed by atoms with E-state index in [9.17, 15) is 4.79 Å². The summed E-state index contributed by atoms with van der Waals surface area (Å²) in [5.74, 6) is 0.286. The van der Waals surface area contributed by atoms with Crippen molar-refractivity contribution in [2.45, 2.75) is 13.0 Å². The van der Waals surface area contributed by atoms with Crippen LogP contribution in [0.3, 0.4) is 0 Å². The molecule has 0 aliphatic carbocycles. The van der Waals surface area contributed by atoms with Gasteiger partial charge in [0.2, 0.25) is 11.6 Å². The summed E-state index contributed by atoms with van der Waals surface area (Å²) >= 11 is 0. The predicted molar refractivity (Wildman–Crippen MR) is 53.1 cm³/mol. The van der Waals surface area contributed by atoms with Crippen molar-refractivity contribution in [1.29, 1.82) is 0 Å². The van der Waals surface area contributed by atoms with Gasteiger partial charge in [-0.1, -0.05) is 0 Å². The third-order valence-electron chi connectivity index (χ3n) is 1.77. The van der Waals surface area contributed by atoms with Gasteiger partial charge in [0.05, 0.1) is 26.5 Å². The number of Topliss-reactive ketones (excluding diaryl/α,β-unsaturated/α-hetero) is 1. The quantitative estimate of drug-likeness (QED) is 0.706. The molecule has 6 heteroatoms. The summed E-state index contributed by atoms with van der Waals surface area (Å²) < 4.78 is 9.88. The minimum Gasteiger partial charge on any atom is -0.490 e. The highest BCUT2D eigenvalue weighted by atomic mass is 16.5. The van der Waals surface area contributed by atoms with Crippen molar-refractivity contribution >= 4 is 5.78 Å². The topological polar surface area (TPSA) is 87.3 Å². The Morgan fingerprint density at radius 1 is 1.47 bits per heavy atom. The van der Waals surface area contributed by atoms with Gasteiger partial charge in [0.25, 0.3) is 5.88 Å². The van der Waals surface area contributed by atoms with Gasteiger partial charge in [0.1, 0.15) is 0 Å². The van der Waals surface area contributed by atoms with Crippen LogP contribution in [-0.2, 0) is 0 Å². The largest absolute Gasteiger partial charge is 0.490 e. The predicted octanol–water partition coefficient (Wildman–Crippen LogP) is 0.0237. The number of aromatic nitrogens is 2. The molecule has 0 saturated heterocycles. The molecular weight excluding hydrogens is 198 g/mol. The second kappa shape index (κ2) is 4.70. The Balaban J connectivity index is 3.08. The highest BCUT2D eigenvalue weighted by molar-refractivity contribution is 5.96. The van der Waals surface area contributed by atoms with Gasteiger partial charge in [-0.3, -0.25) is 4.79 Å². The van der Waals surface area contributed by atoms with E-state index < -0.39 is 6.04 Å². The van der Waals surface area contributed by atoms with Crippen LogP contribution in [-0.4, -0.2) is 36.0 Å². The molecule has 0 aliphatic rings. The summed E-state index contributed by atoms with van der Waals surface area (Å²) in [6.45, 7) is 1.57. The summed E-state index contributed by atoms with van der Waals surface area (Å²) in [5, 5.41) is 0. The Bertz CT molecular complexity index is 366. The summed E-state index contributed by atoms with van der Waals surface area (Å²) in [6.07, 6.45) is 1.38. The van der Waals surface area contributed by atoms with E-state index in [1.807, 2.05) is 0 Å². The molecule has 1 rings (SSSR count). The van der Waals surface area contributed by atoms with Crippen LogP contribution in [0.2, 0.25) is 0 Å². The summed E-state index contributed by atoms with van der Waals surface area (Å²) in [7, 11) is 2.90. The van der Waals surface area contributed by atoms with E-state index in [2.05, 4.69) is 9.97 Å². The summed E-state index contributed by atoms with van der Waals surface area (Å²) in [4.78, 5) is 19.2. The zero-order valence-corrected chi connectivity index (χ0v) is 8.85. The summed E-state index contributed by atoms with van der Waals surface area (Å²) in [5.41, 5.74) is 5.43. The number of nitrogens with zero attached hydrogens (tertiary/aromatic N) is 2. The fourth-order valence-electron chi connectivity index (χ4n) is 0.964. The monoisotopic (exact) mass is 211 g/mol. The molecule has 1 atom stereocenters. The fourth-order valence-corrected chi connectivity index (χ4v) is 0.964. The maximum atomic E-state index is 11.5. The lowest BCUT2D eigenvalue weighted by Gasteiger charge is -2.07. The van der Waals surface area contributed by atoms with Crippen LogP contribution in [0.1, 0.15) is 17.5 Å². The Morgan fingerprint density at radius 3 is 2.60 bits per heavy atom. The van der Waals surface area contributed by atoms with E-state index in [0.717, 1.165) is 0 Å². The number of rotatable bonds is 4. The van der Waals surface area contributed by atoms with Crippen molar-refractivity contribution in [3.05, 3.63) is 12.0 Å². The molecule has 1 aromatic rings. The molecule has 0 aliphatic heterocycles. The lowest BCUT2D eigenvalue weighted by Crippen LogP contribution is -2.28. The van der Waals surface area contributed by atoms with E-state index in [4.69, 9.17) is 15.2 Å². The Hall–Kier alpha value is -1.69. The third-order valence-corrected chi connectivity index (χ3v) is 1.77. The first-order chi connectivity index (χ1) is 7.10. The van der Waals surface area contributed by atoms with E-state index in [0.29, 0.717) is 5.75 Å². The van der Waals surface area contributed by atoms with Crippen molar-refractivity contribution in [2.75, 3.05) is 14.2 Å². The molecule has 0 spiro atoms. The van der Waals surface area contributed by atoms with E-state index in [1.54, 1.807) is 6.92 Å². The second-order valence-electron chi connectivity index (χ2n) is 2.92. The zero-order chi connectivity index (χ0) is 11.4. The van der Waals surface area contributed by atoms with Crippen molar-refractivity contribution in [3.63, 3.8) is 0 Å². The van der Waals surface area contributed by atoms with Crippen LogP contribution in [0.5, 0.6) is 11.6 Å². The Labute approximate surface area is 87.4 Å². The van der Waals surface area contributed by atoms with Crippen molar-refractivity contribution < 1.29 is 14.3 Å². The second-order valence-corrected chi connectivity index (χ2v) is 2.92. The minimum atomic E-state index is -0.636. The highest BCUT2D eigenvalue weighted by Gasteiger charge is 2.17. The third kappa shape index (κ3) is 2.41. The van der Waals surface area contributed by atoms with Gasteiger partial charge in [-0.2, -0.15) is 4.98 Å². The van der Waals surface area contributed by atoms with Gasteiger partial charge >= 0.3 is 0 Å². The number of hydrogen-bond acceptors (Lipinski definition) is 6. The van der Waals surface area contributed by atoms with Gasteiger partial charge in [0.15, 0.2) is 5.75 Å². The van der Waals surface area contributed by atoms with Crippen LogP contribution in [0.4, 0.5) is 0 Å². The fraction of sp³-hybridized carbons (Fsp3) is 0.444. The molecule has 1 unspecified atom stereocenters. The smallest absolute Gasteiger partial charge is 0.260 e. The van der Waals surface area contributed by atoms with Crippen molar-refractivity contribution in [1.82, 2.24) is 9.97 Å². The molecule has 2 N–H and O–H groups in total. The number of hydrogen-bond donors (Lipinski definition) is 1. The number of ketones is 1. The molecule has 82 valence electrons. The van der Waals surface area contributed by atoms with Crippen LogP contribution < -0.4 is 15.2 Å². The van der Waals surface area contributed by atoms with E-state index in [-0.39, 0.29) is 17.5 Å². The maximum absolute atomic E-state index is 11.5. The molecule has 6 nitrogen and oxygen atoms in total. The number of carbonyl (C=O) groups is 1. The first-order valence-corrected chi connectivity index (χ1v) is 4.35. The van der Waals surface area contributed by atoms with Gasteiger partial charge in [-0.05, 0) is 6.92 Å². The zero-order valence-electron chi connectivity index (χ0n) is 8.85. The number of methoxy groups -OCH3 is 2. The first kappa shape index (κ1) is 11.4. The van der Waals surface area contributed by atoms with Gasteiger partial charge < -0.3 is 15.2 Å². The minimum absolute atomic E-state index is 0.0302. The average molecular weight is 211 g/mol. The van der Waals surface area contributed by atoms with Gasteiger partial charge in [0, 0.05) is 0 Å². The van der Waals surface area contributed by atoms with E-state index >= 15 is 0 Å². The molecule has 0 aromatic carbocycles. The van der Waals surface area contributed by atoms with Crippen LogP contribution in [0, 0.1) is 0 Å². The molecule has 1 aromatic heterocycles.